The fourth-order valence-corrected chi connectivity index (χ4v) is 3.94. The first kappa shape index (κ1) is 18.3. The SMILES string of the molecule is COC[C@@H](C)N1CCN([C@H]2CCCN(c3ccccc3F)C2=O)CC1. The summed E-state index contributed by atoms with van der Waals surface area (Å²) in [4.78, 5) is 19.3. The van der Waals surface area contributed by atoms with Gasteiger partial charge in [-0.25, -0.2) is 4.39 Å². The number of carbonyl (C=O) groups is 1. The van der Waals surface area contributed by atoms with Gasteiger partial charge >= 0.3 is 0 Å². The lowest BCUT2D eigenvalue weighted by molar-refractivity contribution is -0.126. The maximum Gasteiger partial charge on any atom is 0.244 e. The number of ether oxygens (including phenoxy) is 1. The molecule has 0 bridgehead atoms. The first-order chi connectivity index (χ1) is 12.1. The number of hydrogen-bond acceptors (Lipinski definition) is 4. The van der Waals surface area contributed by atoms with Crippen LogP contribution in [0, 0.1) is 5.82 Å². The van der Waals surface area contributed by atoms with Gasteiger partial charge in [0.05, 0.1) is 18.3 Å². The van der Waals surface area contributed by atoms with Crippen LogP contribution in [0.5, 0.6) is 0 Å². The third-order valence-electron chi connectivity index (χ3n) is 5.37. The van der Waals surface area contributed by atoms with Gasteiger partial charge in [0.25, 0.3) is 0 Å². The van der Waals surface area contributed by atoms with Crippen LogP contribution >= 0.6 is 0 Å². The van der Waals surface area contributed by atoms with Gasteiger partial charge in [0.1, 0.15) is 5.82 Å². The van der Waals surface area contributed by atoms with Crippen LogP contribution in [0.4, 0.5) is 10.1 Å². The number of rotatable bonds is 5. The third-order valence-corrected chi connectivity index (χ3v) is 5.37. The molecule has 2 heterocycles. The Hall–Kier alpha value is -1.50. The van der Waals surface area contributed by atoms with E-state index >= 15 is 0 Å². The van der Waals surface area contributed by atoms with Crippen LogP contribution in [-0.4, -0.2) is 74.2 Å². The van der Waals surface area contributed by atoms with Crippen molar-refractivity contribution in [2.24, 2.45) is 0 Å². The molecular weight excluding hydrogens is 321 g/mol. The summed E-state index contributed by atoms with van der Waals surface area (Å²) in [6.45, 7) is 7.11. The summed E-state index contributed by atoms with van der Waals surface area (Å²) in [5, 5.41) is 0. The average Bonchev–Trinajstić information content (AvgIpc) is 2.63. The fourth-order valence-electron chi connectivity index (χ4n) is 3.94. The largest absolute Gasteiger partial charge is 0.383 e. The number of carbonyl (C=O) groups excluding carboxylic acids is 1. The number of piperazine rings is 1. The van der Waals surface area contributed by atoms with Gasteiger partial charge < -0.3 is 9.64 Å². The van der Waals surface area contributed by atoms with Gasteiger partial charge in [-0.2, -0.15) is 0 Å². The van der Waals surface area contributed by atoms with Crippen LogP contribution in [0.1, 0.15) is 19.8 Å². The summed E-state index contributed by atoms with van der Waals surface area (Å²) in [5.41, 5.74) is 0.407. The molecule has 1 aromatic carbocycles. The second-order valence-corrected chi connectivity index (χ2v) is 6.98. The van der Waals surface area contributed by atoms with E-state index in [0.29, 0.717) is 18.3 Å². The van der Waals surface area contributed by atoms with Gasteiger partial charge in [0, 0.05) is 45.9 Å². The van der Waals surface area contributed by atoms with Crippen molar-refractivity contribution in [1.29, 1.82) is 0 Å². The Morgan fingerprint density at radius 2 is 1.92 bits per heavy atom. The van der Waals surface area contributed by atoms with E-state index in [-0.39, 0.29) is 17.8 Å². The van der Waals surface area contributed by atoms with Gasteiger partial charge in [-0.3, -0.25) is 14.6 Å². The lowest BCUT2D eigenvalue weighted by Crippen LogP contribution is -2.59. The number of piperidine rings is 1. The number of anilines is 1. The zero-order valence-electron chi connectivity index (χ0n) is 15.2. The third kappa shape index (κ3) is 4.02. The molecule has 0 aliphatic carbocycles. The topological polar surface area (TPSA) is 36.0 Å². The van der Waals surface area contributed by atoms with Gasteiger partial charge in [0.15, 0.2) is 0 Å². The maximum atomic E-state index is 14.1. The van der Waals surface area contributed by atoms with E-state index in [1.807, 2.05) is 0 Å². The molecule has 2 atom stereocenters. The van der Waals surface area contributed by atoms with Crippen molar-refractivity contribution in [1.82, 2.24) is 9.80 Å². The first-order valence-corrected chi connectivity index (χ1v) is 9.14. The number of benzene rings is 1. The Morgan fingerprint density at radius 1 is 1.20 bits per heavy atom. The molecule has 0 N–H and O–H groups in total. The predicted molar refractivity (Wildman–Crippen MR) is 96.3 cm³/mol. The van der Waals surface area contributed by atoms with Crippen molar-refractivity contribution in [2.75, 3.05) is 51.3 Å². The van der Waals surface area contributed by atoms with E-state index in [1.165, 1.54) is 6.07 Å². The Morgan fingerprint density at radius 3 is 2.60 bits per heavy atom. The molecule has 0 aromatic heterocycles. The minimum absolute atomic E-state index is 0.0368. The minimum Gasteiger partial charge on any atom is -0.383 e. The molecule has 1 amide bonds. The van der Waals surface area contributed by atoms with Crippen molar-refractivity contribution in [3.63, 3.8) is 0 Å². The molecule has 2 saturated heterocycles. The molecular formula is C19H28FN3O2. The highest BCUT2D eigenvalue weighted by atomic mass is 19.1. The second-order valence-electron chi connectivity index (χ2n) is 6.98. The fraction of sp³-hybridized carbons (Fsp3) is 0.632. The van der Waals surface area contributed by atoms with Gasteiger partial charge in [-0.1, -0.05) is 12.1 Å². The molecule has 0 radical (unpaired) electrons. The zero-order chi connectivity index (χ0) is 17.8. The van der Waals surface area contributed by atoms with Crippen LogP contribution in [0.2, 0.25) is 0 Å². The van der Waals surface area contributed by atoms with Crippen LogP contribution in [0.3, 0.4) is 0 Å². The minimum atomic E-state index is -0.324. The number of methoxy groups -OCH3 is 1. The lowest BCUT2D eigenvalue weighted by atomic mass is 10.0. The van der Waals surface area contributed by atoms with E-state index in [0.717, 1.165) is 45.6 Å². The number of halogens is 1. The van der Waals surface area contributed by atoms with Crippen LogP contribution in [0.25, 0.3) is 0 Å². The van der Waals surface area contributed by atoms with Crippen molar-refractivity contribution in [3.8, 4) is 0 Å². The molecule has 0 spiro atoms. The van der Waals surface area contributed by atoms with Crippen molar-refractivity contribution >= 4 is 11.6 Å². The average molecular weight is 349 g/mol. The monoisotopic (exact) mass is 349 g/mol. The number of amides is 1. The zero-order valence-corrected chi connectivity index (χ0v) is 15.2. The highest BCUT2D eigenvalue weighted by Gasteiger charge is 2.36. The van der Waals surface area contributed by atoms with Gasteiger partial charge in [-0.05, 0) is 31.9 Å². The molecule has 1 aromatic rings. The van der Waals surface area contributed by atoms with Crippen molar-refractivity contribution < 1.29 is 13.9 Å². The number of hydrogen-bond donors (Lipinski definition) is 0. The lowest BCUT2D eigenvalue weighted by Gasteiger charge is -2.43. The molecule has 0 unspecified atom stereocenters. The smallest absolute Gasteiger partial charge is 0.244 e. The highest BCUT2D eigenvalue weighted by Crippen LogP contribution is 2.26. The van der Waals surface area contributed by atoms with E-state index in [1.54, 1.807) is 30.2 Å². The molecule has 2 fully saturated rings. The molecule has 2 aliphatic heterocycles. The summed E-state index contributed by atoms with van der Waals surface area (Å²) >= 11 is 0. The maximum absolute atomic E-state index is 14.1. The summed E-state index contributed by atoms with van der Waals surface area (Å²) in [7, 11) is 1.73. The predicted octanol–water partition coefficient (Wildman–Crippen LogP) is 1.97. The van der Waals surface area contributed by atoms with Crippen LogP contribution < -0.4 is 4.90 Å². The Bertz CT molecular complexity index is 590. The molecule has 5 nitrogen and oxygen atoms in total. The summed E-state index contributed by atoms with van der Waals surface area (Å²) in [5.74, 6) is -0.288. The molecule has 25 heavy (non-hydrogen) atoms. The van der Waals surface area contributed by atoms with Crippen LogP contribution in [-0.2, 0) is 9.53 Å². The second kappa shape index (κ2) is 8.25. The van der Waals surface area contributed by atoms with Gasteiger partial charge in [-0.15, -0.1) is 0 Å². The van der Waals surface area contributed by atoms with E-state index in [4.69, 9.17) is 4.74 Å². The van der Waals surface area contributed by atoms with E-state index in [2.05, 4.69) is 16.7 Å². The summed E-state index contributed by atoms with van der Waals surface area (Å²) in [6.07, 6.45) is 1.77. The molecule has 2 aliphatic rings. The Balaban J connectivity index is 1.64. The summed E-state index contributed by atoms with van der Waals surface area (Å²) < 4.78 is 19.3. The standard InChI is InChI=1S/C19H28FN3O2/c1-15(14-25-2)21-10-12-22(13-11-21)18-8-5-9-23(19(18)24)17-7-4-3-6-16(17)20/h3-4,6-7,15,18H,5,8-14H2,1-2H3/t15-,18+/m1/s1. The molecule has 3 rings (SSSR count). The Labute approximate surface area is 149 Å². The Kier molecular flexibility index (Phi) is 6.04. The van der Waals surface area contributed by atoms with Gasteiger partial charge in [0.2, 0.25) is 5.91 Å². The van der Waals surface area contributed by atoms with Crippen molar-refractivity contribution in [3.05, 3.63) is 30.1 Å². The normalized spacial score (nSPS) is 24.5. The molecule has 138 valence electrons. The van der Waals surface area contributed by atoms with E-state index < -0.39 is 0 Å². The number of nitrogens with zero attached hydrogens (tertiary/aromatic N) is 3. The van der Waals surface area contributed by atoms with E-state index in [9.17, 15) is 9.18 Å². The van der Waals surface area contributed by atoms with Crippen molar-refractivity contribution in [2.45, 2.75) is 31.8 Å². The number of para-hydroxylation sites is 1. The summed E-state index contributed by atoms with van der Waals surface area (Å²) in [6, 6.07) is 6.82. The quantitative estimate of drug-likeness (QED) is 0.814. The van der Waals surface area contributed by atoms with Crippen LogP contribution in [0.15, 0.2) is 24.3 Å². The molecule has 6 heteroatoms. The highest BCUT2D eigenvalue weighted by molar-refractivity contribution is 5.98. The molecule has 0 saturated carbocycles. The first-order valence-electron chi connectivity index (χ1n) is 9.14.